The summed E-state index contributed by atoms with van der Waals surface area (Å²) in [6.45, 7) is 6.19. The summed E-state index contributed by atoms with van der Waals surface area (Å²) in [5, 5.41) is 7.90. The van der Waals surface area contributed by atoms with Crippen molar-refractivity contribution in [3.05, 3.63) is 82.6 Å². The molecule has 3 aliphatic heterocycles. The number of nitrogens with one attached hydrogen (secondary N) is 2. The van der Waals surface area contributed by atoms with Crippen molar-refractivity contribution < 1.29 is 27.9 Å². The van der Waals surface area contributed by atoms with E-state index in [1.807, 2.05) is 25.1 Å². The van der Waals surface area contributed by atoms with Gasteiger partial charge in [0.15, 0.2) is 11.6 Å². The third-order valence-electron chi connectivity index (χ3n) is 8.61. The number of amides is 2. The molecule has 0 saturated carbocycles. The van der Waals surface area contributed by atoms with Crippen LogP contribution in [0.25, 0.3) is 0 Å². The van der Waals surface area contributed by atoms with Crippen molar-refractivity contribution in [2.45, 2.75) is 44.3 Å². The predicted octanol–water partition coefficient (Wildman–Crippen LogP) is 4.79. The van der Waals surface area contributed by atoms with Crippen LogP contribution in [0.1, 0.15) is 49.3 Å². The number of ether oxygens (including phenoxy) is 2. The number of carbonyl (C=O) groups excluding carboxylic acids is 1. The smallest absolute Gasteiger partial charge is 0.319 e. The maximum Gasteiger partial charge on any atom is 0.319 e. The first kappa shape index (κ1) is 32.0. The second-order valence-corrected chi connectivity index (χ2v) is 11.8. The fraction of sp³-hybridized carbons (Fsp3) is 0.515. The molecule has 44 heavy (non-hydrogen) atoms. The van der Waals surface area contributed by atoms with Crippen LogP contribution < -0.4 is 10.6 Å². The van der Waals surface area contributed by atoms with E-state index in [1.165, 1.54) is 6.07 Å². The van der Waals surface area contributed by atoms with E-state index in [0.29, 0.717) is 37.7 Å². The Balaban J connectivity index is 1.32. The molecule has 9 nitrogen and oxygen atoms in total. The van der Waals surface area contributed by atoms with Crippen molar-refractivity contribution in [3.8, 4) is 0 Å². The van der Waals surface area contributed by atoms with Gasteiger partial charge in [-0.2, -0.15) is 5.06 Å². The molecule has 2 saturated heterocycles. The Labute approximate surface area is 258 Å². The standard InChI is InChI=1S/C33H43F2N5O4/c1-22-30(27(23-7-5-4-6-8-23)11-14-36-32(22)43-26-12-15-39(2)16-13-26)38-33(41)37-20-25-21-40(17-18-42-3)44-31(25)24-9-10-28(34)29(35)19-24/h4-10,19,25-27,31H,11-18,20-21H2,1-3H3,(H2,37,38,41)/t25-,27?,31+/m1/s1. The van der Waals surface area contributed by atoms with Gasteiger partial charge in [0, 0.05) is 69.5 Å². The fourth-order valence-corrected chi connectivity index (χ4v) is 6.09. The van der Waals surface area contributed by atoms with Gasteiger partial charge in [-0.3, -0.25) is 9.83 Å². The first-order valence-corrected chi connectivity index (χ1v) is 15.4. The van der Waals surface area contributed by atoms with Crippen molar-refractivity contribution in [3.63, 3.8) is 0 Å². The largest absolute Gasteiger partial charge is 0.474 e. The maximum atomic E-state index is 14.1. The Hall–Kier alpha value is -3.38. The van der Waals surface area contributed by atoms with Gasteiger partial charge in [-0.15, -0.1) is 0 Å². The van der Waals surface area contributed by atoms with E-state index in [9.17, 15) is 13.6 Å². The number of piperidine rings is 1. The number of nitrogens with zero attached hydrogens (tertiary/aromatic N) is 3. The first-order chi connectivity index (χ1) is 21.3. The zero-order valence-corrected chi connectivity index (χ0v) is 25.7. The minimum Gasteiger partial charge on any atom is -0.474 e. The second-order valence-electron chi connectivity index (χ2n) is 11.8. The van der Waals surface area contributed by atoms with E-state index >= 15 is 0 Å². The predicted molar refractivity (Wildman–Crippen MR) is 164 cm³/mol. The Morgan fingerprint density at radius 3 is 2.57 bits per heavy atom. The highest BCUT2D eigenvalue weighted by atomic mass is 19.2. The summed E-state index contributed by atoms with van der Waals surface area (Å²) >= 11 is 0. The number of hydrogen-bond donors (Lipinski definition) is 2. The Morgan fingerprint density at radius 2 is 1.84 bits per heavy atom. The molecule has 11 heteroatoms. The van der Waals surface area contributed by atoms with Crippen molar-refractivity contribution in [2.75, 3.05) is 60.0 Å². The van der Waals surface area contributed by atoms with Gasteiger partial charge in [-0.1, -0.05) is 36.4 Å². The topological polar surface area (TPSA) is 87.7 Å². The van der Waals surface area contributed by atoms with Gasteiger partial charge in [0.25, 0.3) is 0 Å². The minimum atomic E-state index is -0.937. The third kappa shape index (κ3) is 8.01. The molecule has 0 aromatic heterocycles. The van der Waals surface area contributed by atoms with Crippen LogP contribution in [0.5, 0.6) is 0 Å². The molecule has 0 radical (unpaired) electrons. The average Bonchev–Trinajstić information content (AvgIpc) is 3.38. The molecule has 3 aliphatic rings. The summed E-state index contributed by atoms with van der Waals surface area (Å²) in [5.74, 6) is -1.54. The molecule has 2 aromatic carbocycles. The highest BCUT2D eigenvalue weighted by molar-refractivity contribution is 5.95. The number of carbonyl (C=O) groups is 1. The molecule has 0 bridgehead atoms. The Morgan fingerprint density at radius 1 is 1.07 bits per heavy atom. The van der Waals surface area contributed by atoms with Gasteiger partial charge in [0.2, 0.25) is 5.90 Å². The normalized spacial score (nSPS) is 23.8. The zero-order chi connectivity index (χ0) is 31.1. The Bertz CT molecular complexity index is 1330. The van der Waals surface area contributed by atoms with E-state index in [0.717, 1.165) is 61.3 Å². The van der Waals surface area contributed by atoms with Crippen LogP contribution in [0.2, 0.25) is 0 Å². The zero-order valence-electron chi connectivity index (χ0n) is 25.7. The SMILES string of the molecule is COCCN1C[C@@H](CNC(=O)NC2=C(C)C(OC3CCN(C)CC3)=NCCC2c2ccccc2)[C@H](c2ccc(F)c(F)c2)O1. The molecule has 1 unspecified atom stereocenters. The highest BCUT2D eigenvalue weighted by Crippen LogP contribution is 2.35. The van der Waals surface area contributed by atoms with Gasteiger partial charge in [-0.05, 0) is 56.5 Å². The summed E-state index contributed by atoms with van der Waals surface area (Å²) < 4.78 is 39.4. The van der Waals surface area contributed by atoms with E-state index in [2.05, 4.69) is 34.7 Å². The number of hydroxylamine groups is 2. The van der Waals surface area contributed by atoms with E-state index < -0.39 is 17.7 Å². The summed E-state index contributed by atoms with van der Waals surface area (Å²) in [6.07, 6.45) is 2.11. The average molecular weight is 612 g/mol. The second kappa shape index (κ2) is 15.1. The molecule has 5 rings (SSSR count). The molecule has 2 amide bonds. The molecule has 0 spiro atoms. The lowest BCUT2D eigenvalue weighted by molar-refractivity contribution is -0.155. The lowest BCUT2D eigenvalue weighted by Gasteiger charge is -2.30. The quantitative estimate of drug-likeness (QED) is 0.424. The number of urea groups is 1. The molecule has 2 N–H and O–H groups in total. The fourth-order valence-electron chi connectivity index (χ4n) is 6.09. The molecule has 2 fully saturated rings. The van der Waals surface area contributed by atoms with Gasteiger partial charge in [0.05, 0.1) is 6.61 Å². The number of halogens is 2. The van der Waals surface area contributed by atoms with E-state index in [1.54, 1.807) is 12.2 Å². The maximum absolute atomic E-state index is 14.1. The Kier molecular flexibility index (Phi) is 11.0. The lowest BCUT2D eigenvalue weighted by atomic mass is 9.90. The van der Waals surface area contributed by atoms with Gasteiger partial charge in [-0.25, -0.2) is 13.6 Å². The number of rotatable bonds is 9. The monoisotopic (exact) mass is 611 g/mol. The van der Waals surface area contributed by atoms with Gasteiger partial charge >= 0.3 is 6.03 Å². The summed E-state index contributed by atoms with van der Waals surface area (Å²) in [4.78, 5) is 26.7. The molecule has 3 atom stereocenters. The number of allylic oxidation sites excluding steroid dienone is 1. The van der Waals surface area contributed by atoms with E-state index in [4.69, 9.17) is 19.3 Å². The summed E-state index contributed by atoms with van der Waals surface area (Å²) in [6, 6.07) is 13.5. The molecule has 0 aliphatic carbocycles. The molecular formula is C33H43F2N5O4. The van der Waals surface area contributed by atoms with E-state index in [-0.39, 0.29) is 30.5 Å². The van der Waals surface area contributed by atoms with Crippen molar-refractivity contribution in [1.29, 1.82) is 0 Å². The highest BCUT2D eigenvalue weighted by Gasteiger charge is 2.36. The van der Waals surface area contributed by atoms with Crippen LogP contribution in [0.3, 0.4) is 0 Å². The third-order valence-corrected chi connectivity index (χ3v) is 8.61. The molecule has 2 aromatic rings. The van der Waals surface area contributed by atoms with Crippen molar-refractivity contribution in [1.82, 2.24) is 20.6 Å². The van der Waals surface area contributed by atoms with Crippen molar-refractivity contribution in [2.24, 2.45) is 10.9 Å². The number of benzene rings is 2. The number of likely N-dealkylation sites (tertiary alicyclic amines) is 1. The van der Waals surface area contributed by atoms with Crippen LogP contribution in [0.15, 0.2) is 64.8 Å². The van der Waals surface area contributed by atoms with Gasteiger partial charge < -0.3 is 25.0 Å². The minimum absolute atomic E-state index is 0.0708. The lowest BCUT2D eigenvalue weighted by Crippen LogP contribution is -2.41. The van der Waals surface area contributed by atoms with Gasteiger partial charge in [0.1, 0.15) is 12.2 Å². The van der Waals surface area contributed by atoms with Crippen LogP contribution in [0, 0.1) is 17.6 Å². The van der Waals surface area contributed by atoms with Crippen LogP contribution in [-0.4, -0.2) is 88.0 Å². The van der Waals surface area contributed by atoms with Crippen LogP contribution in [0.4, 0.5) is 13.6 Å². The summed E-state index contributed by atoms with van der Waals surface area (Å²) in [5.41, 5.74) is 3.18. The molecule has 3 heterocycles. The van der Waals surface area contributed by atoms with Crippen molar-refractivity contribution >= 4 is 11.9 Å². The van der Waals surface area contributed by atoms with Crippen LogP contribution >= 0.6 is 0 Å². The molecule has 238 valence electrons. The molecular weight excluding hydrogens is 568 g/mol. The van der Waals surface area contributed by atoms with Crippen LogP contribution in [-0.2, 0) is 14.3 Å². The number of aliphatic imine (C=N–C) groups is 1. The number of hydrogen-bond acceptors (Lipinski definition) is 7. The summed E-state index contributed by atoms with van der Waals surface area (Å²) in [7, 11) is 3.72. The number of methoxy groups -OCH3 is 1. The first-order valence-electron chi connectivity index (χ1n) is 15.4.